The molecular formula is C4F8NO2+. The van der Waals surface area contributed by atoms with Crippen molar-refractivity contribution in [3.8, 4) is 0 Å². The second kappa shape index (κ2) is 2.87. The van der Waals surface area contributed by atoms with Crippen molar-refractivity contribution in [2.24, 2.45) is 0 Å². The number of quaternary nitrogens is 1. The number of hydrogen-bond acceptors (Lipinski definition) is 2. The third kappa shape index (κ3) is 1.56. The number of halogens is 8. The predicted octanol–water partition coefficient (Wildman–Crippen LogP) is 2.79. The Morgan fingerprint density at radius 2 is 1.00 bits per heavy atom. The minimum atomic E-state index is -6.23. The summed E-state index contributed by atoms with van der Waals surface area (Å²) in [6, 6.07) is -5.46. The molecule has 0 unspecified atom stereocenters. The van der Waals surface area contributed by atoms with Gasteiger partial charge in [0.25, 0.3) is 0 Å². The van der Waals surface area contributed by atoms with E-state index in [1.165, 1.54) is 0 Å². The van der Waals surface area contributed by atoms with E-state index in [1.807, 2.05) is 0 Å². The molecule has 0 N–H and O–H groups in total. The molecule has 0 saturated carbocycles. The van der Waals surface area contributed by atoms with Crippen molar-refractivity contribution in [3.63, 3.8) is 0 Å². The molecule has 0 amide bonds. The normalized spacial score (nSPS) is 21.3. The highest BCUT2D eigenvalue weighted by Crippen LogP contribution is 2.49. The van der Waals surface area contributed by atoms with Gasteiger partial charge in [-0.3, -0.25) is 0 Å². The summed E-state index contributed by atoms with van der Waals surface area (Å²) in [4.78, 5) is 0.829. The van der Waals surface area contributed by atoms with E-state index in [9.17, 15) is 35.1 Å². The van der Waals surface area contributed by atoms with Crippen LogP contribution in [0.4, 0.5) is 35.1 Å². The van der Waals surface area contributed by atoms with Gasteiger partial charge >= 0.3 is 24.6 Å². The van der Waals surface area contributed by atoms with E-state index in [-0.39, 0.29) is 0 Å². The number of nitrogens with zero attached hydrogens (tertiary/aromatic N) is 1. The average Bonchev–Trinajstić information content (AvgIpc) is 2.26. The molecule has 0 aromatic rings. The second-order valence-corrected chi connectivity index (χ2v) is 2.22. The van der Waals surface area contributed by atoms with Crippen LogP contribution in [-0.4, -0.2) is 17.4 Å². The molecule has 0 spiro atoms. The van der Waals surface area contributed by atoms with E-state index in [0.717, 1.165) is 0 Å². The second-order valence-electron chi connectivity index (χ2n) is 2.22. The summed E-state index contributed by atoms with van der Waals surface area (Å²) in [5.41, 5.74) is 0. The number of hydrogen-bond donors (Lipinski definition) is 0. The van der Waals surface area contributed by atoms with Gasteiger partial charge in [0, 0.05) is 0 Å². The zero-order valence-electron chi connectivity index (χ0n) is 6.29. The van der Waals surface area contributed by atoms with Crippen LogP contribution in [0.25, 0.3) is 0 Å². The zero-order chi connectivity index (χ0) is 12.1. The molecule has 1 aliphatic rings. The number of rotatable bonds is 0. The molecule has 3 nitrogen and oxygen atoms in total. The summed E-state index contributed by atoms with van der Waals surface area (Å²) < 4.78 is 95.4. The fourth-order valence-corrected chi connectivity index (χ4v) is 0.667. The number of hydroxylamine groups is 4. The molecule has 88 valence electrons. The van der Waals surface area contributed by atoms with Crippen LogP contribution in [0.5, 0.6) is 0 Å². The maximum absolute atomic E-state index is 12.0. The van der Waals surface area contributed by atoms with Crippen LogP contribution in [0.15, 0.2) is 12.0 Å². The first-order valence-electron chi connectivity index (χ1n) is 2.98. The molecule has 1 aliphatic heterocycles. The van der Waals surface area contributed by atoms with Gasteiger partial charge in [0.2, 0.25) is 4.81 Å². The van der Waals surface area contributed by atoms with Crippen LogP contribution in [0.3, 0.4) is 0 Å². The summed E-state index contributed by atoms with van der Waals surface area (Å²) >= 11 is 0. The lowest BCUT2D eigenvalue weighted by Gasteiger charge is -2.26. The van der Waals surface area contributed by atoms with E-state index in [0.29, 0.717) is 0 Å². The summed E-state index contributed by atoms with van der Waals surface area (Å²) in [7, 11) is 0. The van der Waals surface area contributed by atoms with Crippen LogP contribution in [-0.2, 0) is 9.68 Å². The summed E-state index contributed by atoms with van der Waals surface area (Å²) in [6.45, 7) is 0. The lowest BCUT2D eigenvalue weighted by Crippen LogP contribution is -2.62. The average molecular weight is 246 g/mol. The molecule has 1 rings (SSSR count). The van der Waals surface area contributed by atoms with Gasteiger partial charge in [-0.25, -0.2) is 9.68 Å². The Morgan fingerprint density at radius 3 is 1.13 bits per heavy atom. The maximum Gasteiger partial charge on any atom is 0.652 e. The highest BCUT2D eigenvalue weighted by Gasteiger charge is 2.84. The molecule has 15 heavy (non-hydrogen) atoms. The van der Waals surface area contributed by atoms with Crippen LogP contribution in [0, 0.1) is 0 Å². The van der Waals surface area contributed by atoms with Gasteiger partial charge in [-0.2, -0.15) is 8.78 Å². The Bertz CT molecular complexity index is 273. The summed E-state index contributed by atoms with van der Waals surface area (Å²) in [5, 5.41) is 0. The van der Waals surface area contributed by atoms with Crippen molar-refractivity contribution in [1.82, 2.24) is 0 Å². The van der Waals surface area contributed by atoms with Gasteiger partial charge in [0.15, 0.2) is 0 Å². The predicted molar refractivity (Wildman–Crippen MR) is 23.8 cm³/mol. The fourth-order valence-electron chi connectivity index (χ4n) is 0.667. The maximum atomic E-state index is 12.0. The first-order valence-corrected chi connectivity index (χ1v) is 2.98. The molecule has 0 bridgehead atoms. The van der Waals surface area contributed by atoms with Crippen LogP contribution in [0.1, 0.15) is 0 Å². The van der Waals surface area contributed by atoms with Gasteiger partial charge in [0.1, 0.15) is 0 Å². The van der Waals surface area contributed by atoms with E-state index < -0.39 is 29.4 Å². The first kappa shape index (κ1) is 11.8. The lowest BCUT2D eigenvalue weighted by atomic mass is 10.9. The fraction of sp³-hybridized carbons (Fsp3) is 0.500. The third-order valence-electron chi connectivity index (χ3n) is 1.24. The van der Waals surface area contributed by atoms with Gasteiger partial charge < -0.3 is 0 Å². The Kier molecular flexibility index (Phi) is 2.26. The minimum Gasteiger partial charge on any atom is -0.216 e. The van der Waals surface area contributed by atoms with Gasteiger partial charge in [-0.05, 0) is 0 Å². The van der Waals surface area contributed by atoms with Crippen LogP contribution < -0.4 is 0 Å². The van der Waals surface area contributed by atoms with Crippen molar-refractivity contribution >= 4 is 0 Å². The molecule has 0 saturated heterocycles. The van der Waals surface area contributed by atoms with Gasteiger partial charge in [-0.1, -0.05) is 0 Å². The highest BCUT2D eigenvalue weighted by molar-refractivity contribution is 4.82. The third-order valence-corrected chi connectivity index (χ3v) is 1.24. The van der Waals surface area contributed by atoms with Crippen molar-refractivity contribution in [3.05, 3.63) is 12.0 Å². The smallest absolute Gasteiger partial charge is 0.216 e. The first-order chi connectivity index (χ1) is 6.51. The Labute approximate surface area is 75.6 Å². The number of alkyl halides is 6. The van der Waals surface area contributed by atoms with E-state index >= 15 is 0 Å². The molecular weight excluding hydrogens is 246 g/mol. The summed E-state index contributed by atoms with van der Waals surface area (Å²) in [6.07, 6.45) is -12.5. The van der Waals surface area contributed by atoms with E-state index in [1.54, 1.807) is 0 Å². The molecule has 1 heterocycles. The van der Waals surface area contributed by atoms with Gasteiger partial charge in [0.05, 0.1) is 0 Å². The van der Waals surface area contributed by atoms with Gasteiger partial charge in [-0.15, -0.1) is 26.3 Å². The van der Waals surface area contributed by atoms with Crippen molar-refractivity contribution < 1.29 is 49.6 Å². The van der Waals surface area contributed by atoms with Crippen molar-refractivity contribution in [2.45, 2.75) is 12.6 Å². The minimum absolute atomic E-state index is 2.69. The van der Waals surface area contributed by atoms with E-state index in [2.05, 4.69) is 9.68 Å². The molecule has 0 atom stereocenters. The largest absolute Gasteiger partial charge is 0.652 e. The Morgan fingerprint density at radius 1 is 0.733 bits per heavy atom. The molecule has 0 aromatic carbocycles. The molecule has 0 aromatic heterocycles. The lowest BCUT2D eigenvalue weighted by molar-refractivity contribution is -1.34. The Hall–Kier alpha value is -1.26. The molecule has 11 heteroatoms. The van der Waals surface area contributed by atoms with Crippen LogP contribution >= 0.6 is 0 Å². The Balaban J connectivity index is 3.16. The van der Waals surface area contributed by atoms with Crippen molar-refractivity contribution in [2.75, 3.05) is 0 Å². The molecule has 0 aliphatic carbocycles. The SMILES string of the molecule is FC1=C(F)O[N+](C(F)(F)F)(C(F)(F)F)O1. The topological polar surface area (TPSA) is 18.5 Å². The quantitative estimate of drug-likeness (QED) is 0.371. The highest BCUT2D eigenvalue weighted by atomic mass is 19.4. The molecule has 0 fully saturated rings. The van der Waals surface area contributed by atoms with Crippen molar-refractivity contribution in [1.29, 1.82) is 0 Å². The van der Waals surface area contributed by atoms with E-state index in [4.69, 9.17) is 0 Å². The standard InChI is InChI=1S/C4F8NO2/c5-1-2(6)15-13(14-1,3(7,8)9)4(10,11)12/q+1. The monoisotopic (exact) mass is 246 g/mol. The van der Waals surface area contributed by atoms with Crippen LogP contribution in [0.2, 0.25) is 0 Å². The summed E-state index contributed by atoms with van der Waals surface area (Å²) in [5.74, 6) is 0. The molecule has 0 radical (unpaired) electrons. The zero-order valence-corrected chi connectivity index (χ0v) is 6.29.